The van der Waals surface area contributed by atoms with Crippen molar-refractivity contribution in [1.82, 2.24) is 0 Å². The Morgan fingerprint density at radius 2 is 1.50 bits per heavy atom. The molecule has 0 atom stereocenters. The summed E-state index contributed by atoms with van der Waals surface area (Å²) >= 11 is 1.44. The third kappa shape index (κ3) is 10.9. The molecule has 1 heterocycles. The van der Waals surface area contributed by atoms with Gasteiger partial charge in [0.1, 0.15) is 23.1 Å². The zero-order valence-corrected chi connectivity index (χ0v) is 22.7. The second kappa shape index (κ2) is 17.6. The van der Waals surface area contributed by atoms with E-state index in [-0.39, 0.29) is 5.57 Å². The summed E-state index contributed by atoms with van der Waals surface area (Å²) in [7, 11) is 0. The van der Waals surface area contributed by atoms with Crippen LogP contribution in [0.15, 0.2) is 35.9 Å². The fourth-order valence-electron chi connectivity index (χ4n) is 3.91. The van der Waals surface area contributed by atoms with Crippen molar-refractivity contribution >= 4 is 23.4 Å². The first-order chi connectivity index (χ1) is 17.6. The summed E-state index contributed by atoms with van der Waals surface area (Å²) in [4.78, 5) is 12.9. The summed E-state index contributed by atoms with van der Waals surface area (Å²) < 4.78 is 12.3. The first-order valence-electron chi connectivity index (χ1n) is 13.4. The van der Waals surface area contributed by atoms with E-state index in [0.717, 1.165) is 41.2 Å². The maximum Gasteiger partial charge on any atom is 0.346 e. The summed E-state index contributed by atoms with van der Waals surface area (Å²) in [6.45, 7) is 5.80. The highest BCUT2D eigenvalue weighted by Gasteiger charge is 2.13. The van der Waals surface area contributed by atoms with Gasteiger partial charge in [0.2, 0.25) is 0 Å². The van der Waals surface area contributed by atoms with Gasteiger partial charge in [-0.25, -0.2) is 4.79 Å². The van der Waals surface area contributed by atoms with E-state index in [0.29, 0.717) is 18.1 Å². The average Bonchev–Trinajstić information content (AvgIpc) is 3.34. The number of carbonyl (C=O) groups is 1. The Kier molecular flexibility index (Phi) is 14.4. The molecule has 1 N–H and O–H groups in total. The third-order valence-corrected chi connectivity index (χ3v) is 7.07. The van der Waals surface area contributed by atoms with Crippen LogP contribution in [-0.4, -0.2) is 24.3 Å². The normalized spacial score (nSPS) is 11.3. The van der Waals surface area contributed by atoms with Crippen LogP contribution in [0.1, 0.15) is 95.8 Å². The van der Waals surface area contributed by atoms with Crippen LogP contribution in [0.25, 0.3) is 16.5 Å². The Balaban J connectivity index is 2.07. The van der Waals surface area contributed by atoms with Crippen LogP contribution < -0.4 is 9.47 Å². The Hall–Kier alpha value is -2.78. The second-order valence-corrected chi connectivity index (χ2v) is 10.2. The Labute approximate surface area is 220 Å². The third-order valence-electron chi connectivity index (χ3n) is 6.00. The molecular weight excluding hydrogens is 470 g/mol. The van der Waals surface area contributed by atoms with Crippen molar-refractivity contribution in [3.05, 3.63) is 40.8 Å². The van der Waals surface area contributed by atoms with Gasteiger partial charge >= 0.3 is 5.97 Å². The molecular formula is C30H41NO4S. The van der Waals surface area contributed by atoms with Crippen molar-refractivity contribution in [1.29, 1.82) is 5.26 Å². The van der Waals surface area contributed by atoms with E-state index in [1.807, 2.05) is 30.3 Å². The summed E-state index contributed by atoms with van der Waals surface area (Å²) in [5.74, 6) is 0.363. The number of hydrogen-bond acceptors (Lipinski definition) is 5. The number of carboxylic acids is 1. The highest BCUT2D eigenvalue weighted by atomic mass is 32.1. The summed E-state index contributed by atoms with van der Waals surface area (Å²) in [6, 6.07) is 11.5. The van der Waals surface area contributed by atoms with Crippen molar-refractivity contribution in [2.45, 2.75) is 90.9 Å². The number of ether oxygens (including phenoxy) is 2. The largest absolute Gasteiger partial charge is 0.493 e. The SMILES string of the molecule is CCCCCCCCOc1ccc(-c2ccc(/C=C(/C#N)C(=O)O)s2)c(OCCCCCCCC)c1. The van der Waals surface area contributed by atoms with E-state index in [1.54, 1.807) is 6.07 Å². The number of rotatable bonds is 19. The molecule has 1 aromatic carbocycles. The van der Waals surface area contributed by atoms with Crippen molar-refractivity contribution < 1.29 is 19.4 Å². The van der Waals surface area contributed by atoms with Crippen LogP contribution in [0, 0.1) is 11.3 Å². The van der Waals surface area contributed by atoms with Gasteiger partial charge in [-0.05, 0) is 43.2 Å². The van der Waals surface area contributed by atoms with Gasteiger partial charge in [0.25, 0.3) is 0 Å². The minimum absolute atomic E-state index is 0.276. The van der Waals surface area contributed by atoms with Gasteiger partial charge in [0.05, 0.1) is 13.2 Å². The number of benzene rings is 1. The number of nitrogens with zero attached hydrogens (tertiary/aromatic N) is 1. The van der Waals surface area contributed by atoms with Crippen LogP contribution >= 0.6 is 11.3 Å². The van der Waals surface area contributed by atoms with Crippen LogP contribution in [0.3, 0.4) is 0 Å². The van der Waals surface area contributed by atoms with Gasteiger partial charge in [0.15, 0.2) is 0 Å². The molecule has 36 heavy (non-hydrogen) atoms. The molecule has 0 bridgehead atoms. The topological polar surface area (TPSA) is 79.5 Å². The van der Waals surface area contributed by atoms with E-state index in [4.69, 9.17) is 19.8 Å². The second-order valence-electron chi connectivity index (χ2n) is 9.07. The van der Waals surface area contributed by atoms with Gasteiger partial charge < -0.3 is 14.6 Å². The van der Waals surface area contributed by atoms with E-state index < -0.39 is 5.97 Å². The van der Waals surface area contributed by atoms with Crippen LogP contribution in [0.4, 0.5) is 0 Å². The van der Waals surface area contributed by atoms with Crippen LogP contribution in [-0.2, 0) is 4.79 Å². The number of carboxylic acid groups (broad SMARTS) is 1. The van der Waals surface area contributed by atoms with Crippen molar-refractivity contribution in [2.75, 3.05) is 13.2 Å². The molecule has 6 heteroatoms. The van der Waals surface area contributed by atoms with E-state index in [9.17, 15) is 4.79 Å². The molecule has 0 radical (unpaired) electrons. The molecule has 196 valence electrons. The van der Waals surface area contributed by atoms with Gasteiger partial charge in [-0.2, -0.15) is 5.26 Å². The molecule has 0 aliphatic rings. The molecule has 2 aromatic rings. The zero-order valence-electron chi connectivity index (χ0n) is 21.9. The molecule has 0 saturated carbocycles. The van der Waals surface area contributed by atoms with Crippen LogP contribution in [0.2, 0.25) is 0 Å². The van der Waals surface area contributed by atoms with Crippen molar-refractivity contribution in [3.8, 4) is 28.0 Å². The fourth-order valence-corrected chi connectivity index (χ4v) is 4.89. The zero-order chi connectivity index (χ0) is 26.0. The Bertz CT molecular complexity index is 989. The minimum atomic E-state index is -1.22. The quantitative estimate of drug-likeness (QED) is 0.116. The monoisotopic (exact) mass is 511 g/mol. The summed E-state index contributed by atoms with van der Waals surface area (Å²) in [5.41, 5.74) is 0.674. The fraction of sp³-hybridized carbons (Fsp3) is 0.533. The van der Waals surface area contributed by atoms with Gasteiger partial charge in [-0.15, -0.1) is 11.3 Å². The molecule has 0 unspecified atom stereocenters. The average molecular weight is 512 g/mol. The van der Waals surface area contributed by atoms with E-state index in [1.165, 1.54) is 75.2 Å². The number of nitriles is 1. The molecule has 1 aromatic heterocycles. The van der Waals surface area contributed by atoms with E-state index >= 15 is 0 Å². The molecule has 0 fully saturated rings. The maximum atomic E-state index is 11.2. The lowest BCUT2D eigenvalue weighted by Crippen LogP contribution is -2.01. The van der Waals surface area contributed by atoms with Gasteiger partial charge in [-0.3, -0.25) is 0 Å². The Morgan fingerprint density at radius 3 is 2.11 bits per heavy atom. The molecule has 0 aliphatic carbocycles. The summed E-state index contributed by atoms with van der Waals surface area (Å²) in [5, 5.41) is 18.2. The predicted octanol–water partition coefficient (Wildman–Crippen LogP) is 8.89. The molecule has 5 nitrogen and oxygen atoms in total. The first kappa shape index (κ1) is 29.5. The first-order valence-corrected chi connectivity index (χ1v) is 14.3. The standard InChI is InChI=1S/C30H41NO4S/c1-3-5-7-9-11-13-19-34-25-15-17-27(28(22-25)35-20-14-12-10-8-6-4-2)29-18-16-26(36-29)21-24(23-31)30(32)33/h15-18,21-22H,3-14,19-20H2,1-2H3,(H,32,33)/b24-21-. The lowest BCUT2D eigenvalue weighted by molar-refractivity contribution is -0.132. The molecule has 2 rings (SSSR count). The van der Waals surface area contributed by atoms with Gasteiger partial charge in [-0.1, -0.05) is 78.1 Å². The number of hydrogen-bond donors (Lipinski definition) is 1. The Morgan fingerprint density at radius 1 is 0.889 bits per heavy atom. The van der Waals surface area contributed by atoms with Crippen molar-refractivity contribution in [2.24, 2.45) is 0 Å². The summed E-state index contributed by atoms with van der Waals surface area (Å²) in [6.07, 6.45) is 15.9. The number of aliphatic carboxylic acids is 1. The molecule has 0 saturated heterocycles. The molecule has 0 spiro atoms. The smallest absolute Gasteiger partial charge is 0.346 e. The molecule has 0 aliphatic heterocycles. The van der Waals surface area contributed by atoms with Crippen molar-refractivity contribution in [3.63, 3.8) is 0 Å². The number of thiophene rings is 1. The highest BCUT2D eigenvalue weighted by Crippen LogP contribution is 2.38. The van der Waals surface area contributed by atoms with Crippen LogP contribution in [0.5, 0.6) is 11.5 Å². The van der Waals surface area contributed by atoms with Gasteiger partial charge in [0, 0.05) is 21.4 Å². The minimum Gasteiger partial charge on any atom is -0.493 e. The number of unbranched alkanes of at least 4 members (excludes halogenated alkanes) is 10. The maximum absolute atomic E-state index is 11.2. The predicted molar refractivity (Wildman–Crippen MR) is 149 cm³/mol. The lowest BCUT2D eigenvalue weighted by atomic mass is 10.1. The van der Waals surface area contributed by atoms with E-state index in [2.05, 4.69) is 13.8 Å². The highest BCUT2D eigenvalue weighted by molar-refractivity contribution is 7.16. The molecule has 0 amide bonds. The lowest BCUT2D eigenvalue weighted by Gasteiger charge is -2.13.